The molecule has 0 spiro atoms. The first-order valence-corrected chi connectivity index (χ1v) is 12.5. The van der Waals surface area contributed by atoms with Crippen LogP contribution in [-0.2, 0) is 11.3 Å². The van der Waals surface area contributed by atoms with Crippen molar-refractivity contribution in [2.45, 2.75) is 46.6 Å². The number of rotatable bonds is 11. The minimum absolute atomic E-state index is 0.0439. The Hall–Kier alpha value is -3.27. The number of hydrogen-bond donors (Lipinski definition) is 2. The number of para-hydroxylation sites is 2. The summed E-state index contributed by atoms with van der Waals surface area (Å²) in [5, 5.41) is 0. The number of carbonyl (C=O) groups is 1. The molecule has 2 heterocycles. The summed E-state index contributed by atoms with van der Waals surface area (Å²) < 4.78 is 7.10. The van der Waals surface area contributed by atoms with Crippen LogP contribution in [0.1, 0.15) is 40.0 Å². The number of aromatic amines is 1. The zero-order valence-corrected chi connectivity index (χ0v) is 21.1. The van der Waals surface area contributed by atoms with Crippen molar-refractivity contribution in [3.8, 4) is 5.75 Å². The van der Waals surface area contributed by atoms with Crippen LogP contribution >= 0.6 is 0 Å². The Morgan fingerprint density at radius 3 is 2.46 bits per heavy atom. The van der Waals surface area contributed by atoms with Crippen molar-refractivity contribution in [1.82, 2.24) is 14.5 Å². The summed E-state index contributed by atoms with van der Waals surface area (Å²) in [5.41, 5.74) is 6.21. The lowest BCUT2D eigenvalue weighted by atomic mass is 10.2. The van der Waals surface area contributed by atoms with Crippen molar-refractivity contribution in [3.05, 3.63) is 45.1 Å². The van der Waals surface area contributed by atoms with Crippen LogP contribution < -0.4 is 31.5 Å². The third-order valence-electron chi connectivity index (χ3n) is 6.20. The average Bonchev–Trinajstić information content (AvgIpc) is 2.84. The van der Waals surface area contributed by atoms with Crippen molar-refractivity contribution in [3.63, 3.8) is 0 Å². The number of anilines is 3. The van der Waals surface area contributed by atoms with Crippen LogP contribution in [0.5, 0.6) is 5.75 Å². The molecule has 35 heavy (non-hydrogen) atoms. The van der Waals surface area contributed by atoms with Crippen LogP contribution in [0.4, 0.5) is 17.2 Å². The largest absolute Gasteiger partial charge is 0.492 e. The molecule has 0 saturated carbocycles. The normalized spacial score (nSPS) is 14.2. The first-order chi connectivity index (χ1) is 16.9. The second-order valence-electron chi connectivity index (χ2n) is 8.71. The number of nitrogen functional groups attached to an aromatic ring is 1. The lowest BCUT2D eigenvalue weighted by Crippen LogP contribution is -2.51. The molecular formula is C25H38N6O4. The van der Waals surface area contributed by atoms with Crippen molar-refractivity contribution in [1.29, 1.82) is 0 Å². The van der Waals surface area contributed by atoms with Crippen LogP contribution in [-0.4, -0.2) is 66.2 Å². The molecule has 0 radical (unpaired) electrons. The van der Waals surface area contributed by atoms with E-state index in [1.807, 2.05) is 39.0 Å². The number of nitrogens with zero attached hydrogens (tertiary/aromatic N) is 4. The molecule has 10 nitrogen and oxygen atoms in total. The molecule has 0 aliphatic carbocycles. The average molecular weight is 487 g/mol. The van der Waals surface area contributed by atoms with E-state index < -0.39 is 11.2 Å². The van der Waals surface area contributed by atoms with Crippen LogP contribution in [0.3, 0.4) is 0 Å². The summed E-state index contributed by atoms with van der Waals surface area (Å²) in [6, 6.07) is 7.99. The highest BCUT2D eigenvalue weighted by atomic mass is 16.5. The number of amides is 1. The van der Waals surface area contributed by atoms with Crippen LogP contribution in [0.15, 0.2) is 33.9 Å². The van der Waals surface area contributed by atoms with Gasteiger partial charge in [0.15, 0.2) is 5.69 Å². The van der Waals surface area contributed by atoms with E-state index in [-0.39, 0.29) is 24.0 Å². The number of unbranched alkanes of at least 4 members (excludes halogenated alkanes) is 1. The topological polar surface area (TPSA) is 117 Å². The van der Waals surface area contributed by atoms with E-state index in [1.165, 1.54) is 9.47 Å². The molecule has 1 amide bonds. The maximum Gasteiger partial charge on any atom is 0.330 e. The number of aromatic nitrogens is 2. The van der Waals surface area contributed by atoms with E-state index in [0.717, 1.165) is 37.4 Å². The van der Waals surface area contributed by atoms with Crippen LogP contribution in [0.2, 0.25) is 0 Å². The Labute approximate surface area is 206 Å². The van der Waals surface area contributed by atoms with Gasteiger partial charge in [0.2, 0.25) is 5.91 Å². The predicted molar refractivity (Wildman–Crippen MR) is 140 cm³/mol. The van der Waals surface area contributed by atoms with Gasteiger partial charge in [-0.25, -0.2) is 4.79 Å². The second kappa shape index (κ2) is 12.4. The maximum atomic E-state index is 13.4. The molecule has 1 aliphatic rings. The first-order valence-electron chi connectivity index (χ1n) is 12.5. The minimum atomic E-state index is -0.623. The summed E-state index contributed by atoms with van der Waals surface area (Å²) in [6.07, 6.45) is 2.25. The zero-order valence-electron chi connectivity index (χ0n) is 21.1. The maximum absolute atomic E-state index is 13.4. The Kier molecular flexibility index (Phi) is 9.36. The fourth-order valence-electron chi connectivity index (χ4n) is 4.38. The lowest BCUT2D eigenvalue weighted by molar-refractivity contribution is -0.119. The van der Waals surface area contributed by atoms with Gasteiger partial charge in [-0.05, 0) is 31.9 Å². The van der Waals surface area contributed by atoms with Crippen molar-refractivity contribution in [2.75, 3.05) is 61.4 Å². The van der Waals surface area contributed by atoms with Gasteiger partial charge in [-0.3, -0.25) is 24.0 Å². The lowest BCUT2D eigenvalue weighted by Gasteiger charge is -2.37. The highest BCUT2D eigenvalue weighted by Gasteiger charge is 2.27. The molecule has 1 aromatic carbocycles. The molecule has 1 saturated heterocycles. The molecule has 0 atom stereocenters. The summed E-state index contributed by atoms with van der Waals surface area (Å²) in [5.74, 6) is 0.713. The summed E-state index contributed by atoms with van der Waals surface area (Å²) >= 11 is 0. The van der Waals surface area contributed by atoms with Gasteiger partial charge in [0.05, 0.1) is 18.8 Å². The quantitative estimate of drug-likeness (QED) is 0.498. The van der Waals surface area contributed by atoms with E-state index in [1.54, 1.807) is 0 Å². The number of ether oxygens (including phenoxy) is 1. The van der Waals surface area contributed by atoms with Gasteiger partial charge in [0, 0.05) is 39.3 Å². The fourth-order valence-corrected chi connectivity index (χ4v) is 4.38. The minimum Gasteiger partial charge on any atom is -0.492 e. The van der Waals surface area contributed by atoms with Crippen LogP contribution in [0.25, 0.3) is 0 Å². The molecule has 1 aromatic heterocycles. The summed E-state index contributed by atoms with van der Waals surface area (Å²) in [7, 11) is 0. The van der Waals surface area contributed by atoms with Crippen molar-refractivity contribution in [2.24, 2.45) is 0 Å². The SMILES string of the molecule is CCCCN(C(=O)CN1CCN(c2ccccc2OCC)CC1)c1c(N)n(CCC)c(=O)[nH]c1=O. The molecule has 1 fully saturated rings. The molecule has 0 bridgehead atoms. The molecule has 0 unspecified atom stereocenters. The Bertz CT molecular complexity index is 1100. The Morgan fingerprint density at radius 1 is 1.09 bits per heavy atom. The van der Waals surface area contributed by atoms with E-state index in [2.05, 4.69) is 20.9 Å². The van der Waals surface area contributed by atoms with Gasteiger partial charge >= 0.3 is 5.69 Å². The standard InChI is InChI=1S/C25H38N6O4/c1-4-7-13-30(22-23(26)31(12-5-2)25(34)27-24(22)33)21(32)18-28-14-16-29(17-15-28)19-10-8-9-11-20(19)35-6-3/h8-11H,4-7,12-18,26H2,1-3H3,(H,27,33,34). The number of piperazine rings is 1. The number of nitrogens with one attached hydrogen (secondary N) is 1. The highest BCUT2D eigenvalue weighted by molar-refractivity contribution is 5.96. The first kappa shape index (κ1) is 26.3. The molecule has 10 heteroatoms. The zero-order chi connectivity index (χ0) is 25.4. The number of nitrogens with two attached hydrogens (primary N) is 1. The predicted octanol–water partition coefficient (Wildman–Crippen LogP) is 1.88. The number of carbonyl (C=O) groups excluding carboxylic acids is 1. The van der Waals surface area contributed by atoms with E-state index >= 15 is 0 Å². The molecule has 1 aliphatic heterocycles. The molecule has 2 aromatic rings. The van der Waals surface area contributed by atoms with Gasteiger partial charge in [0.25, 0.3) is 5.56 Å². The summed E-state index contributed by atoms with van der Waals surface area (Å²) in [6.45, 7) is 10.4. The van der Waals surface area contributed by atoms with Gasteiger partial charge in [-0.15, -0.1) is 0 Å². The molecule has 3 N–H and O–H groups in total. The van der Waals surface area contributed by atoms with Crippen LogP contribution in [0, 0.1) is 0 Å². The molecule has 192 valence electrons. The van der Waals surface area contributed by atoms with Crippen molar-refractivity contribution >= 4 is 23.1 Å². The van der Waals surface area contributed by atoms with E-state index in [9.17, 15) is 14.4 Å². The third kappa shape index (κ3) is 6.25. The molecular weight excluding hydrogens is 448 g/mol. The number of H-pyrrole nitrogens is 1. The highest BCUT2D eigenvalue weighted by Crippen LogP contribution is 2.29. The second-order valence-corrected chi connectivity index (χ2v) is 8.71. The third-order valence-corrected chi connectivity index (χ3v) is 6.20. The van der Waals surface area contributed by atoms with Gasteiger partial charge in [-0.1, -0.05) is 32.4 Å². The van der Waals surface area contributed by atoms with Crippen molar-refractivity contribution < 1.29 is 9.53 Å². The van der Waals surface area contributed by atoms with Gasteiger partial charge < -0.3 is 20.3 Å². The smallest absolute Gasteiger partial charge is 0.330 e. The number of hydrogen-bond acceptors (Lipinski definition) is 7. The molecule has 3 rings (SSSR count). The fraction of sp³-hybridized carbons (Fsp3) is 0.560. The Morgan fingerprint density at radius 2 is 1.80 bits per heavy atom. The van der Waals surface area contributed by atoms with Gasteiger partial charge in [0.1, 0.15) is 11.6 Å². The number of benzene rings is 1. The monoisotopic (exact) mass is 486 g/mol. The van der Waals surface area contributed by atoms with E-state index in [4.69, 9.17) is 10.5 Å². The van der Waals surface area contributed by atoms with E-state index in [0.29, 0.717) is 39.2 Å². The Balaban J connectivity index is 1.75. The summed E-state index contributed by atoms with van der Waals surface area (Å²) in [4.78, 5) is 46.5. The van der Waals surface area contributed by atoms with Gasteiger partial charge in [-0.2, -0.15) is 0 Å².